The molecule has 2 amide bonds. The molecule has 0 radical (unpaired) electrons. The van der Waals surface area contributed by atoms with Crippen molar-refractivity contribution in [2.75, 3.05) is 6.54 Å². The predicted octanol–water partition coefficient (Wildman–Crippen LogP) is 8.56. The number of hydrogen-bond acceptors (Lipinski definition) is 7. The van der Waals surface area contributed by atoms with Gasteiger partial charge in [0.05, 0.1) is 18.8 Å². The van der Waals surface area contributed by atoms with E-state index >= 15 is 0 Å². The number of carbonyl (C=O) groups excluding carboxylic acids is 2. The Balaban J connectivity index is 1.11. The molecule has 56 heavy (non-hydrogen) atoms. The highest BCUT2D eigenvalue weighted by Crippen LogP contribution is 2.39. The summed E-state index contributed by atoms with van der Waals surface area (Å²) in [6, 6.07) is 45.6. The molecule has 5 aromatic rings. The average molecular weight is 756 g/mol. The van der Waals surface area contributed by atoms with Gasteiger partial charge in [-0.1, -0.05) is 140 Å². The van der Waals surface area contributed by atoms with Crippen LogP contribution in [0.2, 0.25) is 0 Å². The van der Waals surface area contributed by atoms with E-state index in [1.54, 1.807) is 5.48 Å². The fourth-order valence-corrected chi connectivity index (χ4v) is 7.15. The maximum Gasteiger partial charge on any atom is 0.243 e. The molecule has 9 nitrogen and oxygen atoms in total. The Hall–Kier alpha value is -5.16. The van der Waals surface area contributed by atoms with Crippen LogP contribution in [0.15, 0.2) is 133 Å². The number of aliphatic hydroxyl groups excluding tert-OH is 1. The van der Waals surface area contributed by atoms with Crippen molar-refractivity contribution >= 4 is 11.8 Å². The van der Waals surface area contributed by atoms with Crippen LogP contribution in [0.3, 0.4) is 0 Å². The van der Waals surface area contributed by atoms with Gasteiger partial charge >= 0.3 is 0 Å². The fraction of sp³-hybridized carbons (Fsp3) is 0.319. The maximum atomic E-state index is 12.5. The quantitative estimate of drug-likeness (QED) is 0.0379. The van der Waals surface area contributed by atoms with E-state index in [2.05, 4.69) is 95.1 Å². The van der Waals surface area contributed by atoms with Crippen LogP contribution in [0.5, 0.6) is 0 Å². The molecular formula is C47H53N3O6. The van der Waals surface area contributed by atoms with Crippen molar-refractivity contribution in [3.8, 4) is 11.1 Å². The number of hydrogen-bond donors (Lipinski definition) is 4. The van der Waals surface area contributed by atoms with Crippen LogP contribution >= 0.6 is 0 Å². The van der Waals surface area contributed by atoms with Crippen LogP contribution in [0.25, 0.3) is 11.1 Å². The van der Waals surface area contributed by atoms with Gasteiger partial charge in [-0.15, -0.1) is 0 Å². The molecule has 292 valence electrons. The van der Waals surface area contributed by atoms with Crippen LogP contribution < -0.4 is 10.8 Å². The first-order chi connectivity index (χ1) is 27.4. The Bertz CT molecular complexity index is 1900. The molecule has 1 saturated heterocycles. The minimum atomic E-state index is -0.567. The molecule has 3 atom stereocenters. The molecule has 4 N–H and O–H groups in total. The molecule has 0 aromatic heterocycles. The molecule has 0 saturated carbocycles. The zero-order chi connectivity index (χ0) is 39.0. The summed E-state index contributed by atoms with van der Waals surface area (Å²) in [5.41, 5.74) is 10.1. The van der Waals surface area contributed by atoms with E-state index in [4.69, 9.17) is 14.7 Å². The van der Waals surface area contributed by atoms with Crippen LogP contribution in [0, 0.1) is 0 Å². The topological polar surface area (TPSA) is 120 Å². The van der Waals surface area contributed by atoms with E-state index in [0.29, 0.717) is 25.8 Å². The molecule has 0 unspecified atom stereocenters. The zero-order valence-corrected chi connectivity index (χ0v) is 31.9. The summed E-state index contributed by atoms with van der Waals surface area (Å²) in [5, 5.41) is 21.3. The molecule has 0 aliphatic carbocycles. The highest BCUT2D eigenvalue weighted by Gasteiger charge is 2.33. The lowest BCUT2D eigenvalue weighted by Gasteiger charge is -2.38. The Morgan fingerprint density at radius 2 is 1.23 bits per heavy atom. The summed E-state index contributed by atoms with van der Waals surface area (Å²) in [6.45, 7) is 2.75. The number of aliphatic hydroxyl groups is 1. The van der Waals surface area contributed by atoms with Gasteiger partial charge in [0, 0.05) is 51.0 Å². The summed E-state index contributed by atoms with van der Waals surface area (Å²) in [7, 11) is 0. The van der Waals surface area contributed by atoms with E-state index in [1.807, 2.05) is 48.5 Å². The van der Waals surface area contributed by atoms with Gasteiger partial charge in [-0.25, -0.2) is 5.48 Å². The molecule has 9 heteroatoms. The van der Waals surface area contributed by atoms with Crippen molar-refractivity contribution in [2.24, 2.45) is 0 Å². The number of unbranched alkanes of at least 4 members (excludes halogenated alkanes) is 3. The highest BCUT2D eigenvalue weighted by molar-refractivity contribution is 5.76. The van der Waals surface area contributed by atoms with Crippen molar-refractivity contribution in [2.45, 2.75) is 89.7 Å². The first-order valence-electron chi connectivity index (χ1n) is 19.7. The van der Waals surface area contributed by atoms with Crippen molar-refractivity contribution in [1.82, 2.24) is 15.7 Å². The van der Waals surface area contributed by atoms with E-state index < -0.39 is 6.29 Å². The van der Waals surface area contributed by atoms with E-state index in [1.165, 1.54) is 11.1 Å². The number of amides is 2. The van der Waals surface area contributed by atoms with Crippen molar-refractivity contribution < 1.29 is 29.4 Å². The molecule has 6 rings (SSSR count). The van der Waals surface area contributed by atoms with Gasteiger partial charge in [0.2, 0.25) is 11.8 Å². The van der Waals surface area contributed by atoms with Gasteiger partial charge in [0.1, 0.15) is 0 Å². The number of carbonyl (C=O) groups is 2. The van der Waals surface area contributed by atoms with Crippen LogP contribution in [-0.4, -0.2) is 39.7 Å². The number of rotatable bonds is 19. The van der Waals surface area contributed by atoms with Gasteiger partial charge in [0.25, 0.3) is 0 Å². The summed E-state index contributed by atoms with van der Waals surface area (Å²) >= 11 is 0. The normalized spacial score (nSPS) is 16.7. The van der Waals surface area contributed by atoms with Crippen LogP contribution in [0.4, 0.5) is 0 Å². The number of nitrogens with zero attached hydrogens (tertiary/aromatic N) is 1. The first kappa shape index (κ1) is 40.5. The second-order valence-electron chi connectivity index (χ2n) is 14.5. The number of ether oxygens (including phenoxy) is 2. The van der Waals surface area contributed by atoms with Gasteiger partial charge in [-0.3, -0.25) is 19.7 Å². The van der Waals surface area contributed by atoms with Crippen LogP contribution in [-0.2, 0) is 45.3 Å². The Labute approximate surface area is 330 Å². The Morgan fingerprint density at radius 3 is 1.86 bits per heavy atom. The van der Waals surface area contributed by atoms with Gasteiger partial charge in [-0.2, -0.15) is 0 Å². The molecule has 1 aliphatic heterocycles. The minimum absolute atomic E-state index is 0.00416. The third-order valence-electron chi connectivity index (χ3n) is 10.2. The third-order valence-corrected chi connectivity index (χ3v) is 10.2. The first-order valence-corrected chi connectivity index (χ1v) is 19.7. The Morgan fingerprint density at radius 1 is 0.625 bits per heavy atom. The molecular weight excluding hydrogens is 703 g/mol. The van der Waals surface area contributed by atoms with Crippen molar-refractivity contribution in [3.63, 3.8) is 0 Å². The van der Waals surface area contributed by atoms with Crippen LogP contribution in [0.1, 0.15) is 90.7 Å². The number of benzene rings is 5. The Kier molecular flexibility index (Phi) is 15.4. The smallest absolute Gasteiger partial charge is 0.243 e. The van der Waals surface area contributed by atoms with Gasteiger partial charge in [-0.05, 0) is 57.9 Å². The summed E-state index contributed by atoms with van der Waals surface area (Å²) in [4.78, 5) is 26.1. The molecule has 1 aliphatic rings. The highest BCUT2D eigenvalue weighted by atomic mass is 16.7. The SMILES string of the molecule is O=C(CCCCCCC(=O)NCc1cccc(-c2ccc([C@H]3O[C@@H](CN(Cc4ccccc4)Cc4ccccc4)C[C@@H](c4ccc(CO)cc4)O3)cc2)c1)NO. The van der Waals surface area contributed by atoms with E-state index in [0.717, 1.165) is 72.3 Å². The fourth-order valence-electron chi connectivity index (χ4n) is 7.15. The lowest BCUT2D eigenvalue weighted by atomic mass is 9.98. The monoisotopic (exact) mass is 755 g/mol. The van der Waals surface area contributed by atoms with Crippen molar-refractivity contribution in [3.05, 3.63) is 167 Å². The van der Waals surface area contributed by atoms with E-state index in [9.17, 15) is 14.7 Å². The van der Waals surface area contributed by atoms with Gasteiger partial charge < -0.3 is 19.9 Å². The predicted molar refractivity (Wildman–Crippen MR) is 217 cm³/mol. The molecule has 5 aromatic carbocycles. The third kappa shape index (κ3) is 12.4. The largest absolute Gasteiger partial charge is 0.392 e. The number of hydroxylamine groups is 1. The second kappa shape index (κ2) is 21.2. The van der Waals surface area contributed by atoms with Crippen molar-refractivity contribution in [1.29, 1.82) is 0 Å². The molecule has 0 bridgehead atoms. The molecule has 0 spiro atoms. The summed E-state index contributed by atoms with van der Waals surface area (Å²) < 4.78 is 13.5. The standard InChI is InChI=1S/C47H53N3O6/c51-34-37-20-22-40(23-21-37)44-29-43(33-50(31-35-12-5-3-6-13-35)32-36-14-7-4-8-15-36)55-47(56-44)41-26-24-39(25-27-41)42-17-11-16-38(28-42)30-48-45(52)18-9-1-2-10-19-46(53)49-54/h3-8,11-17,20-28,43-44,47,51,54H,1-2,9-10,18-19,29-34H2,(H,48,52)(H,49,53)/t43-,44+,47+/m1/s1. The minimum Gasteiger partial charge on any atom is -0.392 e. The average Bonchev–Trinajstić information content (AvgIpc) is 3.24. The lowest BCUT2D eigenvalue weighted by Crippen LogP contribution is -2.39. The molecule has 1 fully saturated rings. The lowest BCUT2D eigenvalue weighted by molar-refractivity contribution is -0.253. The van der Waals surface area contributed by atoms with Gasteiger partial charge in [0.15, 0.2) is 6.29 Å². The summed E-state index contributed by atoms with van der Waals surface area (Å²) in [5.74, 6) is -0.376. The maximum absolute atomic E-state index is 12.5. The van der Waals surface area contributed by atoms with E-state index in [-0.39, 0.29) is 37.0 Å². The number of nitrogens with one attached hydrogen (secondary N) is 2. The summed E-state index contributed by atoms with van der Waals surface area (Å²) in [6.07, 6.45) is 3.70. The second-order valence-corrected chi connectivity index (χ2v) is 14.5. The zero-order valence-electron chi connectivity index (χ0n) is 31.9. The molecule has 1 heterocycles.